The number of hydrogen-bond donors (Lipinski definition) is 2. The summed E-state index contributed by atoms with van der Waals surface area (Å²) < 4.78 is 13.0. The molecule has 0 fully saturated rings. The first-order valence-electron chi connectivity index (χ1n) is 5.98. The minimum atomic E-state index is -1.08. The third kappa shape index (κ3) is 3.27. The van der Waals surface area contributed by atoms with E-state index in [0.29, 0.717) is 11.3 Å². The van der Waals surface area contributed by atoms with E-state index in [1.807, 2.05) is 25.1 Å². The number of rotatable bonds is 4. The molecule has 0 bridgehead atoms. The van der Waals surface area contributed by atoms with Gasteiger partial charge in [-0.05, 0) is 36.8 Å². The Bertz CT molecular complexity index is 646. The Morgan fingerprint density at radius 2 is 2.05 bits per heavy atom. The van der Waals surface area contributed by atoms with Crippen LogP contribution in [0.25, 0.3) is 0 Å². The molecule has 0 radical (unpaired) electrons. The van der Waals surface area contributed by atoms with E-state index >= 15 is 0 Å². The maximum absolute atomic E-state index is 13.0. The van der Waals surface area contributed by atoms with Crippen LogP contribution in [0.15, 0.2) is 42.5 Å². The lowest BCUT2D eigenvalue weighted by Gasteiger charge is -2.17. The summed E-state index contributed by atoms with van der Waals surface area (Å²) in [6, 6.07) is 9.95. The number of carboxylic acids is 1. The van der Waals surface area contributed by atoms with E-state index in [2.05, 4.69) is 5.32 Å². The Labute approximate surface area is 121 Å². The van der Waals surface area contributed by atoms with Gasteiger partial charge in [0.2, 0.25) is 0 Å². The van der Waals surface area contributed by atoms with Crippen molar-refractivity contribution in [2.75, 3.05) is 5.32 Å². The number of nitrogens with one attached hydrogen (secondary N) is 1. The zero-order valence-corrected chi connectivity index (χ0v) is 11.5. The molecule has 2 aromatic carbocycles. The van der Waals surface area contributed by atoms with Gasteiger partial charge in [-0.15, -0.1) is 0 Å². The molecule has 0 aromatic heterocycles. The lowest BCUT2D eigenvalue weighted by molar-refractivity contribution is -0.138. The van der Waals surface area contributed by atoms with E-state index in [0.717, 1.165) is 11.6 Å². The van der Waals surface area contributed by atoms with Crippen molar-refractivity contribution in [2.24, 2.45) is 0 Å². The number of benzene rings is 2. The van der Waals surface area contributed by atoms with Crippen LogP contribution < -0.4 is 5.32 Å². The van der Waals surface area contributed by atoms with Gasteiger partial charge in [0.15, 0.2) is 6.04 Å². The average molecular weight is 294 g/mol. The Morgan fingerprint density at radius 1 is 1.30 bits per heavy atom. The molecule has 3 nitrogen and oxygen atoms in total. The molecular weight excluding hydrogens is 281 g/mol. The van der Waals surface area contributed by atoms with Crippen molar-refractivity contribution in [1.82, 2.24) is 0 Å². The fourth-order valence-corrected chi connectivity index (χ4v) is 2.19. The van der Waals surface area contributed by atoms with Gasteiger partial charge in [0.25, 0.3) is 0 Å². The Morgan fingerprint density at radius 3 is 2.65 bits per heavy atom. The molecule has 0 aliphatic rings. The van der Waals surface area contributed by atoms with Crippen molar-refractivity contribution in [1.29, 1.82) is 0 Å². The molecule has 0 aliphatic carbocycles. The second-order valence-corrected chi connectivity index (χ2v) is 4.86. The molecule has 2 N–H and O–H groups in total. The molecule has 0 saturated carbocycles. The van der Waals surface area contributed by atoms with E-state index in [9.17, 15) is 14.3 Å². The first-order chi connectivity index (χ1) is 9.47. The molecule has 2 rings (SSSR count). The standard InChI is InChI=1S/C15H13ClFNO2/c1-9-3-2-4-11(7-9)18-14(15(19)20)12-6-5-10(17)8-13(12)16/h2-8,14,18H,1H3,(H,19,20). The predicted molar refractivity (Wildman–Crippen MR) is 76.6 cm³/mol. The van der Waals surface area contributed by atoms with E-state index in [1.54, 1.807) is 6.07 Å². The van der Waals surface area contributed by atoms with Crippen molar-refractivity contribution in [2.45, 2.75) is 13.0 Å². The summed E-state index contributed by atoms with van der Waals surface area (Å²) in [5.41, 5.74) is 1.99. The largest absolute Gasteiger partial charge is 0.479 e. The minimum absolute atomic E-state index is 0.0811. The first kappa shape index (κ1) is 14.3. The highest BCUT2D eigenvalue weighted by Gasteiger charge is 2.22. The summed E-state index contributed by atoms with van der Waals surface area (Å²) in [5.74, 6) is -1.58. The van der Waals surface area contributed by atoms with Crippen LogP contribution in [-0.2, 0) is 4.79 Å². The summed E-state index contributed by atoms with van der Waals surface area (Å²) in [6.45, 7) is 1.91. The molecule has 0 heterocycles. The van der Waals surface area contributed by atoms with Gasteiger partial charge in [0, 0.05) is 16.3 Å². The van der Waals surface area contributed by atoms with Crippen molar-refractivity contribution in [3.63, 3.8) is 0 Å². The molecule has 20 heavy (non-hydrogen) atoms. The summed E-state index contributed by atoms with van der Waals surface area (Å²) in [6.07, 6.45) is 0. The highest BCUT2D eigenvalue weighted by Crippen LogP contribution is 2.27. The predicted octanol–water partition coefficient (Wildman–Crippen LogP) is 4.03. The van der Waals surface area contributed by atoms with Crippen LogP contribution in [0.2, 0.25) is 5.02 Å². The lowest BCUT2D eigenvalue weighted by Crippen LogP contribution is -2.21. The van der Waals surface area contributed by atoms with Crippen LogP contribution in [0.5, 0.6) is 0 Å². The summed E-state index contributed by atoms with van der Waals surface area (Å²) in [7, 11) is 0. The van der Waals surface area contributed by atoms with E-state index in [1.165, 1.54) is 12.1 Å². The van der Waals surface area contributed by atoms with Gasteiger partial charge in [0.1, 0.15) is 5.82 Å². The van der Waals surface area contributed by atoms with Gasteiger partial charge in [-0.3, -0.25) is 0 Å². The van der Waals surface area contributed by atoms with Crippen LogP contribution in [0, 0.1) is 12.7 Å². The molecule has 1 atom stereocenters. The molecule has 2 aromatic rings. The quantitative estimate of drug-likeness (QED) is 0.895. The third-order valence-electron chi connectivity index (χ3n) is 2.85. The Balaban J connectivity index is 2.34. The van der Waals surface area contributed by atoms with Crippen molar-refractivity contribution >= 4 is 23.3 Å². The molecule has 5 heteroatoms. The molecule has 104 valence electrons. The maximum atomic E-state index is 13.0. The number of aryl methyl sites for hydroxylation is 1. The molecule has 0 aliphatic heterocycles. The Kier molecular flexibility index (Phi) is 4.25. The SMILES string of the molecule is Cc1cccc(NC(C(=O)O)c2ccc(F)cc2Cl)c1. The minimum Gasteiger partial charge on any atom is -0.479 e. The fraction of sp³-hybridized carbons (Fsp3) is 0.133. The third-order valence-corrected chi connectivity index (χ3v) is 3.18. The van der Waals surface area contributed by atoms with Crippen LogP contribution in [-0.4, -0.2) is 11.1 Å². The lowest BCUT2D eigenvalue weighted by atomic mass is 10.1. The molecule has 0 spiro atoms. The van der Waals surface area contributed by atoms with Crippen LogP contribution in [0.4, 0.5) is 10.1 Å². The summed E-state index contributed by atoms with van der Waals surface area (Å²) in [5, 5.41) is 12.3. The van der Waals surface area contributed by atoms with Crippen molar-refractivity contribution in [3.05, 3.63) is 64.4 Å². The van der Waals surface area contributed by atoms with Gasteiger partial charge in [-0.25, -0.2) is 9.18 Å². The normalized spacial score (nSPS) is 11.9. The second kappa shape index (κ2) is 5.92. The van der Waals surface area contributed by atoms with Crippen molar-refractivity contribution in [3.8, 4) is 0 Å². The van der Waals surface area contributed by atoms with E-state index in [4.69, 9.17) is 11.6 Å². The average Bonchev–Trinajstić information content (AvgIpc) is 2.36. The first-order valence-corrected chi connectivity index (χ1v) is 6.36. The van der Waals surface area contributed by atoms with Crippen LogP contribution in [0.1, 0.15) is 17.2 Å². The molecule has 0 amide bonds. The van der Waals surface area contributed by atoms with E-state index < -0.39 is 17.8 Å². The van der Waals surface area contributed by atoms with Gasteiger partial charge in [-0.2, -0.15) is 0 Å². The zero-order chi connectivity index (χ0) is 14.7. The monoisotopic (exact) mass is 293 g/mol. The molecule has 0 saturated heterocycles. The number of anilines is 1. The number of carbonyl (C=O) groups is 1. The van der Waals surface area contributed by atoms with Gasteiger partial charge in [0.05, 0.1) is 0 Å². The summed E-state index contributed by atoms with van der Waals surface area (Å²) >= 11 is 5.92. The second-order valence-electron chi connectivity index (χ2n) is 4.45. The number of aliphatic carboxylic acids is 1. The zero-order valence-electron chi connectivity index (χ0n) is 10.7. The number of carboxylic acid groups (broad SMARTS) is 1. The smallest absolute Gasteiger partial charge is 0.330 e. The highest BCUT2D eigenvalue weighted by molar-refractivity contribution is 6.31. The van der Waals surface area contributed by atoms with Gasteiger partial charge >= 0.3 is 5.97 Å². The van der Waals surface area contributed by atoms with E-state index in [-0.39, 0.29) is 5.02 Å². The van der Waals surface area contributed by atoms with Gasteiger partial charge in [-0.1, -0.05) is 29.8 Å². The maximum Gasteiger partial charge on any atom is 0.330 e. The molecule has 1 unspecified atom stereocenters. The highest BCUT2D eigenvalue weighted by atomic mass is 35.5. The molecular formula is C15H13ClFNO2. The number of halogens is 2. The van der Waals surface area contributed by atoms with Crippen molar-refractivity contribution < 1.29 is 14.3 Å². The Hall–Kier alpha value is -2.07. The van der Waals surface area contributed by atoms with Crippen LogP contribution in [0.3, 0.4) is 0 Å². The van der Waals surface area contributed by atoms with Crippen LogP contribution >= 0.6 is 11.6 Å². The topological polar surface area (TPSA) is 49.3 Å². The number of hydrogen-bond acceptors (Lipinski definition) is 2. The van der Waals surface area contributed by atoms with Gasteiger partial charge < -0.3 is 10.4 Å². The fourth-order valence-electron chi connectivity index (χ4n) is 1.91. The summed E-state index contributed by atoms with van der Waals surface area (Å²) in [4.78, 5) is 11.4.